The number of halogens is 1. The maximum absolute atomic E-state index is 13.7. The average Bonchev–Trinajstić information content (AvgIpc) is 3.18. The normalized spacial score (nSPS) is 27.3. The number of carbonyl (C=O) groups is 3. The Balaban J connectivity index is 1.91. The smallest absolute Gasteiger partial charge is 0.244 e. The van der Waals surface area contributed by atoms with Crippen molar-refractivity contribution in [3.63, 3.8) is 0 Å². The van der Waals surface area contributed by atoms with Gasteiger partial charge in [-0.15, -0.1) is 0 Å². The number of quaternary nitrogens is 1. The van der Waals surface area contributed by atoms with E-state index in [9.17, 15) is 24.6 Å². The number of carbonyl (C=O) groups excluding carboxylic acids is 3. The van der Waals surface area contributed by atoms with Crippen LogP contribution in [0.15, 0.2) is 46.9 Å². The molecule has 2 aliphatic heterocycles. The van der Waals surface area contributed by atoms with Gasteiger partial charge < -0.3 is 20.3 Å². The summed E-state index contributed by atoms with van der Waals surface area (Å²) in [7, 11) is 0. The van der Waals surface area contributed by atoms with Gasteiger partial charge >= 0.3 is 0 Å². The van der Waals surface area contributed by atoms with E-state index in [0.717, 1.165) is 10.5 Å². The zero-order chi connectivity index (χ0) is 23.4. The standard InChI is InChI=1S/C24H25BrN2O5/c1-12(2)11-24(23(31)32)19-18(20(26-24)16-10-14(25)7-8-17(16)28)21(29)27(22(19)30)15-6-4-5-13(3)9-15/h4-10,12,18-20,26,28H,11H2,1-3H3,(H,31,32). The summed E-state index contributed by atoms with van der Waals surface area (Å²) >= 11 is 3.38. The number of imide groups is 1. The Hall–Kier alpha value is -2.71. The number of carboxylic acid groups (broad SMARTS) is 1. The summed E-state index contributed by atoms with van der Waals surface area (Å²) < 4.78 is 0.678. The van der Waals surface area contributed by atoms with Crippen LogP contribution < -0.4 is 15.3 Å². The van der Waals surface area contributed by atoms with Crippen LogP contribution in [0.3, 0.4) is 0 Å². The van der Waals surface area contributed by atoms with Crippen molar-refractivity contribution >= 4 is 39.4 Å². The molecular formula is C24H25BrN2O5. The van der Waals surface area contributed by atoms with Crippen LogP contribution in [0.5, 0.6) is 5.75 Å². The van der Waals surface area contributed by atoms with E-state index in [1.807, 2.05) is 26.8 Å². The molecule has 2 aromatic carbocycles. The van der Waals surface area contributed by atoms with Gasteiger partial charge in [-0.25, -0.2) is 4.90 Å². The van der Waals surface area contributed by atoms with E-state index in [1.54, 1.807) is 35.6 Å². The van der Waals surface area contributed by atoms with Crippen molar-refractivity contribution < 1.29 is 29.9 Å². The van der Waals surface area contributed by atoms with Crippen molar-refractivity contribution in [2.24, 2.45) is 17.8 Å². The first kappa shape index (κ1) is 22.5. The Morgan fingerprint density at radius 1 is 1.22 bits per heavy atom. The van der Waals surface area contributed by atoms with Gasteiger partial charge in [0.2, 0.25) is 11.8 Å². The molecular weight excluding hydrogens is 476 g/mol. The number of benzene rings is 2. The number of aliphatic carboxylic acids is 1. The van der Waals surface area contributed by atoms with E-state index in [-0.39, 0.29) is 18.1 Å². The lowest BCUT2D eigenvalue weighted by Gasteiger charge is -2.34. The summed E-state index contributed by atoms with van der Waals surface area (Å²) in [5.74, 6) is -4.53. The molecule has 0 aromatic heterocycles. The fourth-order valence-corrected chi connectivity index (χ4v) is 5.75. The molecule has 2 fully saturated rings. The van der Waals surface area contributed by atoms with Gasteiger partial charge in [-0.3, -0.25) is 9.59 Å². The van der Waals surface area contributed by atoms with Crippen molar-refractivity contribution in [1.29, 1.82) is 0 Å². The minimum absolute atomic E-state index is 0.0545. The largest absolute Gasteiger partial charge is 0.544 e. The highest BCUT2D eigenvalue weighted by Gasteiger charge is 2.70. The number of carboxylic acids is 1. The molecule has 2 saturated heterocycles. The second-order valence-corrected chi connectivity index (χ2v) is 10.1. The molecule has 0 bridgehead atoms. The summed E-state index contributed by atoms with van der Waals surface area (Å²) in [6.45, 7) is 5.60. The van der Waals surface area contributed by atoms with Crippen molar-refractivity contribution in [2.75, 3.05) is 4.90 Å². The molecule has 168 valence electrons. The zero-order valence-corrected chi connectivity index (χ0v) is 19.6. The maximum atomic E-state index is 13.7. The van der Waals surface area contributed by atoms with Crippen LogP contribution in [-0.4, -0.2) is 28.4 Å². The third kappa shape index (κ3) is 3.42. The number of hydrogen-bond acceptors (Lipinski definition) is 5. The molecule has 8 heteroatoms. The molecule has 4 rings (SSSR count). The molecule has 7 nitrogen and oxygen atoms in total. The second-order valence-electron chi connectivity index (χ2n) is 9.18. The number of phenols is 1. The van der Waals surface area contributed by atoms with Gasteiger partial charge in [-0.1, -0.05) is 41.9 Å². The maximum Gasteiger partial charge on any atom is 0.244 e. The van der Waals surface area contributed by atoms with Gasteiger partial charge in [0.25, 0.3) is 0 Å². The fourth-order valence-electron chi connectivity index (χ4n) is 5.37. The predicted molar refractivity (Wildman–Crippen MR) is 118 cm³/mol. The minimum atomic E-state index is -1.62. The molecule has 0 spiro atoms. The van der Waals surface area contributed by atoms with Crippen molar-refractivity contribution in [1.82, 2.24) is 0 Å². The van der Waals surface area contributed by atoms with E-state index in [2.05, 4.69) is 15.9 Å². The third-order valence-corrected chi connectivity index (χ3v) is 7.00. The number of aromatic hydroxyl groups is 1. The SMILES string of the molecule is Cc1cccc(N2C(=O)C3C(c4cc(Br)ccc4O)[NH2+]C(CC(C)C)(C(=O)[O-])C3C2=O)c1. The lowest BCUT2D eigenvalue weighted by atomic mass is 9.75. The second kappa shape index (κ2) is 8.01. The first-order valence-corrected chi connectivity index (χ1v) is 11.4. The van der Waals surface area contributed by atoms with Gasteiger partial charge in [0.05, 0.1) is 11.3 Å². The fraction of sp³-hybridized carbons (Fsp3) is 0.375. The van der Waals surface area contributed by atoms with Gasteiger partial charge in [0.1, 0.15) is 35.1 Å². The van der Waals surface area contributed by atoms with Crippen LogP contribution in [0, 0.1) is 24.7 Å². The Labute approximate surface area is 194 Å². The van der Waals surface area contributed by atoms with Gasteiger partial charge in [0.15, 0.2) is 0 Å². The van der Waals surface area contributed by atoms with E-state index >= 15 is 0 Å². The zero-order valence-electron chi connectivity index (χ0n) is 18.0. The van der Waals surface area contributed by atoms with Crippen LogP contribution in [0.1, 0.15) is 37.4 Å². The molecule has 4 unspecified atom stereocenters. The average molecular weight is 501 g/mol. The molecule has 0 aliphatic carbocycles. The highest BCUT2D eigenvalue weighted by molar-refractivity contribution is 9.10. The lowest BCUT2D eigenvalue weighted by Crippen LogP contribution is -2.99. The van der Waals surface area contributed by atoms with Crippen LogP contribution in [0.2, 0.25) is 0 Å². The molecule has 4 atom stereocenters. The number of aryl methyl sites for hydroxylation is 1. The van der Waals surface area contributed by atoms with E-state index in [4.69, 9.17) is 0 Å². The highest BCUT2D eigenvalue weighted by atomic mass is 79.9. The molecule has 3 N–H and O–H groups in total. The summed E-state index contributed by atoms with van der Waals surface area (Å²) in [6.07, 6.45) is 0.155. The number of amides is 2. The van der Waals surface area contributed by atoms with Gasteiger partial charge in [-0.05, 0) is 48.7 Å². The summed E-state index contributed by atoms with van der Waals surface area (Å²) in [5.41, 5.74) is 0.0852. The number of hydrogen-bond donors (Lipinski definition) is 2. The van der Waals surface area contributed by atoms with Crippen LogP contribution in [-0.2, 0) is 14.4 Å². The molecule has 2 aromatic rings. The molecule has 0 radical (unpaired) electrons. The Morgan fingerprint density at radius 2 is 1.94 bits per heavy atom. The number of anilines is 1. The van der Waals surface area contributed by atoms with E-state index in [1.165, 1.54) is 6.07 Å². The Morgan fingerprint density at radius 3 is 2.56 bits per heavy atom. The van der Waals surface area contributed by atoms with Crippen molar-refractivity contribution in [3.8, 4) is 5.75 Å². The molecule has 2 amide bonds. The van der Waals surface area contributed by atoms with Crippen LogP contribution in [0.25, 0.3) is 0 Å². The van der Waals surface area contributed by atoms with E-state index in [0.29, 0.717) is 15.7 Å². The quantitative estimate of drug-likeness (QED) is 0.602. The lowest BCUT2D eigenvalue weighted by molar-refractivity contribution is -0.740. The first-order chi connectivity index (χ1) is 15.1. The third-order valence-electron chi connectivity index (χ3n) is 6.50. The Kier molecular flexibility index (Phi) is 5.63. The number of phenolic OH excluding ortho intramolecular Hbond substituents is 1. The van der Waals surface area contributed by atoms with E-state index < -0.39 is 41.2 Å². The molecule has 2 heterocycles. The summed E-state index contributed by atoms with van der Waals surface area (Å²) in [4.78, 5) is 41.0. The topological polar surface area (TPSA) is 114 Å². The van der Waals surface area contributed by atoms with Crippen LogP contribution in [0.4, 0.5) is 5.69 Å². The number of nitrogens with two attached hydrogens (primary N) is 1. The van der Waals surface area contributed by atoms with Gasteiger partial charge in [-0.2, -0.15) is 0 Å². The minimum Gasteiger partial charge on any atom is -0.544 e. The van der Waals surface area contributed by atoms with Crippen LogP contribution >= 0.6 is 15.9 Å². The van der Waals surface area contributed by atoms with Crippen molar-refractivity contribution in [3.05, 3.63) is 58.1 Å². The highest BCUT2D eigenvalue weighted by Crippen LogP contribution is 2.48. The first-order valence-electron chi connectivity index (χ1n) is 10.6. The number of rotatable bonds is 5. The summed E-state index contributed by atoms with van der Waals surface area (Å²) in [6, 6.07) is 11.1. The monoisotopic (exact) mass is 500 g/mol. The number of fused-ring (bicyclic) bond motifs is 1. The van der Waals surface area contributed by atoms with Gasteiger partial charge in [0, 0.05) is 10.9 Å². The summed E-state index contributed by atoms with van der Waals surface area (Å²) in [5, 5.41) is 24.7. The Bertz CT molecular complexity index is 1120. The molecule has 0 saturated carbocycles. The predicted octanol–water partition coefficient (Wildman–Crippen LogP) is 1.42. The van der Waals surface area contributed by atoms with Crippen molar-refractivity contribution in [2.45, 2.75) is 38.8 Å². The molecule has 32 heavy (non-hydrogen) atoms. The number of nitrogens with zero attached hydrogens (tertiary/aromatic N) is 1. The molecule has 2 aliphatic rings.